The first-order chi connectivity index (χ1) is 12.9. The molecule has 0 bridgehead atoms. The number of rotatable bonds is 1. The molecule has 142 valence electrons. The third kappa shape index (κ3) is 3.41. The van der Waals surface area contributed by atoms with Gasteiger partial charge in [-0.2, -0.15) is 0 Å². The van der Waals surface area contributed by atoms with Crippen molar-refractivity contribution >= 4 is 23.2 Å². The average molecular weight is 367 g/mol. The summed E-state index contributed by atoms with van der Waals surface area (Å²) in [6.07, 6.45) is 5.04. The van der Waals surface area contributed by atoms with Crippen molar-refractivity contribution in [3.8, 4) is 0 Å². The first kappa shape index (κ1) is 17.6. The summed E-state index contributed by atoms with van der Waals surface area (Å²) in [5.41, 5.74) is 0.207. The summed E-state index contributed by atoms with van der Waals surface area (Å²) in [4.78, 5) is 24.1. The zero-order valence-electron chi connectivity index (χ0n) is 16.0. The molecule has 0 aliphatic carbocycles. The van der Waals surface area contributed by atoms with Crippen LogP contribution in [0.3, 0.4) is 0 Å². The Bertz CT molecular complexity index is 869. The molecule has 1 atom stereocenters. The number of aromatic nitrogens is 1. The molecule has 4 rings (SSSR count). The summed E-state index contributed by atoms with van der Waals surface area (Å²) < 4.78 is 5.32. The van der Waals surface area contributed by atoms with Crippen molar-refractivity contribution in [3.05, 3.63) is 42.5 Å². The Morgan fingerprint density at radius 3 is 2.93 bits per heavy atom. The van der Waals surface area contributed by atoms with Crippen LogP contribution in [0.25, 0.3) is 0 Å². The molecule has 0 radical (unpaired) electrons. The highest BCUT2D eigenvalue weighted by atomic mass is 16.3. The summed E-state index contributed by atoms with van der Waals surface area (Å²) >= 11 is 0. The Morgan fingerprint density at radius 2 is 2.19 bits per heavy atom. The lowest BCUT2D eigenvalue weighted by atomic mass is 9.85. The largest absolute Gasteiger partial charge is 0.459 e. The first-order valence-corrected chi connectivity index (χ1v) is 9.30. The fraction of sp³-hybridized carbons (Fsp3) is 0.450. The number of nitrogens with one attached hydrogen (secondary N) is 2. The van der Waals surface area contributed by atoms with Crippen LogP contribution in [-0.2, 0) is 0 Å². The Morgan fingerprint density at radius 1 is 1.33 bits per heavy atom. The highest BCUT2D eigenvalue weighted by Crippen LogP contribution is 2.36. The molecule has 0 saturated carbocycles. The highest BCUT2D eigenvalue weighted by molar-refractivity contribution is 6.09. The number of pyridine rings is 1. The van der Waals surface area contributed by atoms with Crippen LogP contribution in [0.1, 0.15) is 44.2 Å². The van der Waals surface area contributed by atoms with Gasteiger partial charge in [-0.1, -0.05) is 0 Å². The van der Waals surface area contributed by atoms with Crippen molar-refractivity contribution in [2.45, 2.75) is 44.7 Å². The second-order valence-electron chi connectivity index (χ2n) is 8.17. The van der Waals surface area contributed by atoms with Gasteiger partial charge in [0.25, 0.3) is 5.91 Å². The molecular weight excluding hydrogens is 342 g/mol. The Hall–Kier alpha value is -2.83. The zero-order chi connectivity index (χ0) is 19.1. The van der Waals surface area contributed by atoms with Crippen LogP contribution in [0.15, 0.2) is 46.1 Å². The molecule has 27 heavy (non-hydrogen) atoms. The number of likely N-dealkylation sites (tertiary alicyclic amines) is 1. The minimum atomic E-state index is -0.468. The second kappa shape index (κ2) is 6.40. The van der Waals surface area contributed by atoms with E-state index in [1.807, 2.05) is 17.0 Å². The molecule has 1 unspecified atom stereocenters. The normalized spacial score (nSPS) is 23.7. The number of hydrogen-bond acceptors (Lipinski definition) is 5. The molecule has 4 heterocycles. The van der Waals surface area contributed by atoms with Crippen LogP contribution in [0, 0.1) is 0 Å². The standard InChI is InChI=1S/C20H25N5O2/c1-19(2,3)24-18-20(23-14-7-4-10-21-16(14)22-18)9-6-11-25(13-20)17(26)15-8-5-12-27-15/h4-5,7-8,10,12,23H,6,9,11,13H2,1-3H3,(H,21,22,24). The molecule has 1 fully saturated rings. The number of nitrogens with zero attached hydrogens (tertiary/aromatic N) is 3. The van der Waals surface area contributed by atoms with Gasteiger partial charge < -0.3 is 20.0 Å². The monoisotopic (exact) mass is 367 g/mol. The van der Waals surface area contributed by atoms with Gasteiger partial charge in [-0.05, 0) is 57.9 Å². The Kier molecular flexibility index (Phi) is 4.17. The van der Waals surface area contributed by atoms with E-state index in [9.17, 15) is 4.79 Å². The third-order valence-corrected chi connectivity index (χ3v) is 4.83. The van der Waals surface area contributed by atoms with E-state index >= 15 is 0 Å². The maximum Gasteiger partial charge on any atom is 0.289 e. The van der Waals surface area contributed by atoms with Crippen molar-refractivity contribution in [2.75, 3.05) is 23.7 Å². The van der Waals surface area contributed by atoms with Gasteiger partial charge in [0.1, 0.15) is 11.4 Å². The number of aliphatic imine (C=N–C) groups is 1. The van der Waals surface area contributed by atoms with Crippen LogP contribution in [0.4, 0.5) is 11.5 Å². The van der Waals surface area contributed by atoms with Crippen molar-refractivity contribution in [1.82, 2.24) is 9.88 Å². The van der Waals surface area contributed by atoms with Crippen molar-refractivity contribution in [1.29, 1.82) is 0 Å². The number of amidine groups is 1. The molecule has 2 aromatic heterocycles. The maximum atomic E-state index is 12.9. The first-order valence-electron chi connectivity index (χ1n) is 9.30. The predicted octanol–water partition coefficient (Wildman–Crippen LogP) is 3.38. The van der Waals surface area contributed by atoms with Crippen molar-refractivity contribution < 1.29 is 9.21 Å². The van der Waals surface area contributed by atoms with Crippen LogP contribution < -0.4 is 10.6 Å². The lowest BCUT2D eigenvalue weighted by Gasteiger charge is -2.47. The van der Waals surface area contributed by atoms with E-state index in [0.29, 0.717) is 18.8 Å². The average Bonchev–Trinajstić information content (AvgIpc) is 3.15. The van der Waals surface area contributed by atoms with E-state index in [-0.39, 0.29) is 11.4 Å². The van der Waals surface area contributed by atoms with Gasteiger partial charge in [-0.25, -0.2) is 4.98 Å². The quantitative estimate of drug-likeness (QED) is 0.807. The topological polar surface area (TPSA) is 82.8 Å². The van der Waals surface area contributed by atoms with E-state index < -0.39 is 5.54 Å². The summed E-state index contributed by atoms with van der Waals surface area (Å²) in [5.74, 6) is 1.87. The van der Waals surface area contributed by atoms with E-state index in [0.717, 1.165) is 30.2 Å². The number of piperidine rings is 1. The van der Waals surface area contributed by atoms with Crippen LogP contribution in [0.2, 0.25) is 0 Å². The molecule has 2 aliphatic heterocycles. The number of fused-ring (bicyclic) bond motifs is 1. The molecule has 2 N–H and O–H groups in total. The van der Waals surface area contributed by atoms with Crippen molar-refractivity contribution in [3.63, 3.8) is 0 Å². The second-order valence-corrected chi connectivity index (χ2v) is 8.17. The predicted molar refractivity (Wildman–Crippen MR) is 105 cm³/mol. The van der Waals surface area contributed by atoms with Gasteiger partial charge in [0.2, 0.25) is 0 Å². The van der Waals surface area contributed by atoms with Gasteiger partial charge in [-0.3, -0.25) is 9.79 Å². The number of furan rings is 1. The Balaban J connectivity index is 1.71. The molecule has 1 saturated heterocycles. The third-order valence-electron chi connectivity index (χ3n) is 4.83. The summed E-state index contributed by atoms with van der Waals surface area (Å²) in [7, 11) is 0. The number of hydrogen-bond donors (Lipinski definition) is 2. The van der Waals surface area contributed by atoms with E-state index in [1.54, 1.807) is 18.3 Å². The molecule has 2 aromatic rings. The molecule has 7 heteroatoms. The highest BCUT2D eigenvalue weighted by Gasteiger charge is 2.45. The van der Waals surface area contributed by atoms with E-state index in [1.165, 1.54) is 6.26 Å². The van der Waals surface area contributed by atoms with Gasteiger partial charge in [0.15, 0.2) is 11.6 Å². The van der Waals surface area contributed by atoms with E-state index in [2.05, 4.69) is 36.4 Å². The number of carbonyl (C=O) groups excluding carboxylic acids is 1. The maximum absolute atomic E-state index is 12.9. The minimum Gasteiger partial charge on any atom is -0.459 e. The number of amides is 1. The molecule has 1 amide bonds. The fourth-order valence-electron chi connectivity index (χ4n) is 3.71. The molecule has 7 nitrogen and oxygen atoms in total. The number of anilines is 2. The van der Waals surface area contributed by atoms with Gasteiger partial charge in [-0.15, -0.1) is 0 Å². The van der Waals surface area contributed by atoms with Crippen LogP contribution >= 0.6 is 0 Å². The van der Waals surface area contributed by atoms with Crippen LogP contribution in [-0.4, -0.2) is 45.8 Å². The lowest BCUT2D eigenvalue weighted by Crippen LogP contribution is -2.63. The summed E-state index contributed by atoms with van der Waals surface area (Å²) in [5, 5.41) is 7.06. The Labute approximate surface area is 158 Å². The van der Waals surface area contributed by atoms with Gasteiger partial charge >= 0.3 is 0 Å². The molecular formula is C20H25N5O2. The summed E-state index contributed by atoms with van der Waals surface area (Å²) in [6, 6.07) is 7.35. The van der Waals surface area contributed by atoms with Crippen LogP contribution in [0.5, 0.6) is 0 Å². The SMILES string of the molecule is CC(C)(C)N=C1Nc2ncccc2NC12CCCN(C(=O)c1ccco1)C2. The molecule has 1 spiro atoms. The number of carbonyl (C=O) groups is 1. The molecule has 2 aliphatic rings. The van der Waals surface area contributed by atoms with E-state index in [4.69, 9.17) is 9.41 Å². The van der Waals surface area contributed by atoms with Crippen molar-refractivity contribution in [2.24, 2.45) is 4.99 Å². The summed E-state index contributed by atoms with van der Waals surface area (Å²) in [6.45, 7) is 7.42. The zero-order valence-corrected chi connectivity index (χ0v) is 16.0. The van der Waals surface area contributed by atoms with Gasteiger partial charge in [0, 0.05) is 12.7 Å². The molecule has 0 aromatic carbocycles. The fourth-order valence-corrected chi connectivity index (χ4v) is 3.71. The van der Waals surface area contributed by atoms with Gasteiger partial charge in [0.05, 0.1) is 24.0 Å². The smallest absolute Gasteiger partial charge is 0.289 e. The lowest BCUT2D eigenvalue weighted by molar-refractivity contribution is 0.0662. The minimum absolute atomic E-state index is 0.0898.